The number of nitrogens with one attached hydrogen (secondary N) is 1. The van der Waals surface area contributed by atoms with E-state index in [4.69, 9.17) is 18.9 Å². The molecule has 28 heavy (non-hydrogen) atoms. The SMILES string of the molecule is CC(=O)c1cccc(CN2CCOCCOCCNCCOCCOCC2)n1. The predicted octanol–water partition coefficient (Wildman–Crippen LogP) is 0.756. The number of aromatic nitrogens is 1. The molecule has 0 atom stereocenters. The van der Waals surface area contributed by atoms with Crippen molar-refractivity contribution in [3.8, 4) is 0 Å². The minimum absolute atomic E-state index is 0.0246. The molecule has 1 aliphatic rings. The predicted molar refractivity (Wildman–Crippen MR) is 106 cm³/mol. The second-order valence-electron chi connectivity index (χ2n) is 6.55. The number of ketones is 1. The maximum Gasteiger partial charge on any atom is 0.178 e. The Hall–Kier alpha value is -1.42. The Morgan fingerprint density at radius 3 is 2.07 bits per heavy atom. The van der Waals surface area contributed by atoms with Gasteiger partial charge in [-0.2, -0.15) is 0 Å². The van der Waals surface area contributed by atoms with Crippen LogP contribution in [-0.2, 0) is 25.5 Å². The highest BCUT2D eigenvalue weighted by molar-refractivity contribution is 5.92. The zero-order chi connectivity index (χ0) is 19.9. The summed E-state index contributed by atoms with van der Waals surface area (Å²) >= 11 is 0. The zero-order valence-electron chi connectivity index (χ0n) is 16.9. The van der Waals surface area contributed by atoms with E-state index in [2.05, 4.69) is 15.2 Å². The second-order valence-corrected chi connectivity index (χ2v) is 6.55. The lowest BCUT2D eigenvalue weighted by molar-refractivity contribution is 0.0192. The maximum atomic E-state index is 11.6. The first-order valence-electron chi connectivity index (χ1n) is 9.96. The maximum absolute atomic E-state index is 11.6. The van der Waals surface area contributed by atoms with Crippen molar-refractivity contribution in [3.05, 3.63) is 29.6 Å². The van der Waals surface area contributed by atoms with Gasteiger partial charge in [0.15, 0.2) is 5.78 Å². The summed E-state index contributed by atoms with van der Waals surface area (Å²) in [5.74, 6) is -0.0246. The van der Waals surface area contributed by atoms with E-state index in [1.807, 2.05) is 12.1 Å². The van der Waals surface area contributed by atoms with Gasteiger partial charge in [0, 0.05) is 39.6 Å². The Bertz CT molecular complexity index is 540. The second kappa shape index (κ2) is 14.6. The van der Waals surface area contributed by atoms with E-state index in [9.17, 15) is 4.79 Å². The third-order valence-corrected chi connectivity index (χ3v) is 4.25. The van der Waals surface area contributed by atoms with E-state index in [0.29, 0.717) is 65.1 Å². The molecule has 1 saturated heterocycles. The third-order valence-electron chi connectivity index (χ3n) is 4.25. The van der Waals surface area contributed by atoms with E-state index in [1.165, 1.54) is 6.92 Å². The Balaban J connectivity index is 1.83. The first-order valence-corrected chi connectivity index (χ1v) is 9.96. The van der Waals surface area contributed by atoms with Crippen molar-refractivity contribution in [3.63, 3.8) is 0 Å². The van der Waals surface area contributed by atoms with Gasteiger partial charge in [-0.25, -0.2) is 4.98 Å². The van der Waals surface area contributed by atoms with E-state index in [-0.39, 0.29) is 5.78 Å². The van der Waals surface area contributed by atoms with Crippen LogP contribution in [-0.4, -0.2) is 94.7 Å². The van der Waals surface area contributed by atoms with Gasteiger partial charge < -0.3 is 24.3 Å². The number of hydrogen-bond acceptors (Lipinski definition) is 8. The van der Waals surface area contributed by atoms with Crippen LogP contribution in [0.1, 0.15) is 23.1 Å². The Labute approximate surface area is 167 Å². The molecule has 8 heteroatoms. The molecule has 1 aromatic heterocycles. The lowest BCUT2D eigenvalue weighted by Gasteiger charge is -2.22. The molecule has 0 aliphatic carbocycles. The fourth-order valence-electron chi connectivity index (χ4n) is 2.71. The molecule has 1 aliphatic heterocycles. The van der Waals surface area contributed by atoms with Gasteiger partial charge in [-0.05, 0) is 12.1 Å². The zero-order valence-corrected chi connectivity index (χ0v) is 16.9. The van der Waals surface area contributed by atoms with Crippen molar-refractivity contribution < 1.29 is 23.7 Å². The summed E-state index contributed by atoms with van der Waals surface area (Å²) in [6.45, 7) is 10.2. The van der Waals surface area contributed by atoms with E-state index < -0.39 is 0 Å². The molecule has 0 bridgehead atoms. The molecule has 0 saturated carbocycles. The number of ether oxygens (including phenoxy) is 4. The first-order chi connectivity index (χ1) is 13.8. The fraction of sp³-hybridized carbons (Fsp3) is 0.700. The minimum atomic E-state index is -0.0246. The number of carbonyl (C=O) groups is 1. The van der Waals surface area contributed by atoms with E-state index in [1.54, 1.807) is 6.07 Å². The topological polar surface area (TPSA) is 82.2 Å². The van der Waals surface area contributed by atoms with Crippen molar-refractivity contribution in [2.75, 3.05) is 79.0 Å². The lowest BCUT2D eigenvalue weighted by Crippen LogP contribution is -2.32. The van der Waals surface area contributed by atoms with Crippen molar-refractivity contribution in [1.29, 1.82) is 0 Å². The van der Waals surface area contributed by atoms with Crippen LogP contribution in [0.4, 0.5) is 0 Å². The molecule has 8 nitrogen and oxygen atoms in total. The average molecular weight is 396 g/mol. The highest BCUT2D eigenvalue weighted by Crippen LogP contribution is 2.05. The van der Waals surface area contributed by atoms with Crippen LogP contribution in [0.3, 0.4) is 0 Å². The molecule has 0 spiro atoms. The molecule has 1 fully saturated rings. The summed E-state index contributed by atoms with van der Waals surface area (Å²) in [6.07, 6.45) is 0. The molecule has 0 unspecified atom stereocenters. The van der Waals surface area contributed by atoms with Gasteiger partial charge in [0.1, 0.15) is 5.69 Å². The minimum Gasteiger partial charge on any atom is -0.378 e. The van der Waals surface area contributed by atoms with Gasteiger partial charge in [-0.15, -0.1) is 0 Å². The van der Waals surface area contributed by atoms with Crippen molar-refractivity contribution in [2.24, 2.45) is 0 Å². The van der Waals surface area contributed by atoms with Gasteiger partial charge in [-0.1, -0.05) is 6.07 Å². The van der Waals surface area contributed by atoms with Crippen molar-refractivity contribution in [1.82, 2.24) is 15.2 Å². The van der Waals surface area contributed by atoms with Crippen LogP contribution in [0.2, 0.25) is 0 Å². The molecule has 1 N–H and O–H groups in total. The number of hydrogen-bond donors (Lipinski definition) is 1. The average Bonchev–Trinajstić information content (AvgIpc) is 2.69. The van der Waals surface area contributed by atoms with Gasteiger partial charge in [0.05, 0.1) is 58.5 Å². The number of nitrogens with zero attached hydrogens (tertiary/aromatic N) is 2. The highest BCUT2D eigenvalue weighted by atomic mass is 16.5. The Kier molecular flexibility index (Phi) is 11.9. The fourth-order valence-corrected chi connectivity index (χ4v) is 2.71. The van der Waals surface area contributed by atoms with E-state index >= 15 is 0 Å². The highest BCUT2D eigenvalue weighted by Gasteiger charge is 2.09. The van der Waals surface area contributed by atoms with E-state index in [0.717, 1.165) is 31.9 Å². The standard InChI is InChI=1S/C20H33N3O5/c1-18(24)20-4-2-3-19(22-20)17-23-7-11-27-15-13-25-9-5-21-6-10-26-14-16-28-12-8-23/h2-4,21H,5-17H2,1H3. The van der Waals surface area contributed by atoms with Crippen LogP contribution < -0.4 is 5.32 Å². The van der Waals surface area contributed by atoms with Crippen LogP contribution >= 0.6 is 0 Å². The molecule has 0 aromatic carbocycles. The van der Waals surface area contributed by atoms with Crippen LogP contribution in [0.25, 0.3) is 0 Å². The summed E-state index contributed by atoms with van der Waals surface area (Å²) in [5, 5.41) is 3.26. The van der Waals surface area contributed by atoms with Gasteiger partial charge in [0.2, 0.25) is 0 Å². The lowest BCUT2D eigenvalue weighted by atomic mass is 10.2. The summed E-state index contributed by atoms with van der Waals surface area (Å²) in [4.78, 5) is 18.2. The number of pyridine rings is 1. The van der Waals surface area contributed by atoms with Gasteiger partial charge >= 0.3 is 0 Å². The van der Waals surface area contributed by atoms with Gasteiger partial charge in [-0.3, -0.25) is 9.69 Å². The Morgan fingerprint density at radius 1 is 0.929 bits per heavy atom. The quantitative estimate of drug-likeness (QED) is 0.751. The largest absolute Gasteiger partial charge is 0.378 e. The molecule has 1 aromatic rings. The molecule has 0 radical (unpaired) electrons. The van der Waals surface area contributed by atoms with Crippen LogP contribution in [0, 0.1) is 0 Å². The normalized spacial score (nSPS) is 20.2. The molecule has 2 rings (SSSR count). The molecule has 0 amide bonds. The number of carbonyl (C=O) groups excluding carboxylic acids is 1. The molecule has 2 heterocycles. The van der Waals surface area contributed by atoms with Crippen molar-refractivity contribution >= 4 is 5.78 Å². The monoisotopic (exact) mass is 395 g/mol. The third kappa shape index (κ3) is 10.2. The summed E-state index contributed by atoms with van der Waals surface area (Å²) in [5.41, 5.74) is 1.36. The number of Topliss-reactive ketones (excluding diaryl/α,β-unsaturated/α-hetero) is 1. The molecular formula is C20H33N3O5. The van der Waals surface area contributed by atoms with Crippen LogP contribution in [0.5, 0.6) is 0 Å². The number of rotatable bonds is 3. The molecular weight excluding hydrogens is 362 g/mol. The Morgan fingerprint density at radius 2 is 1.50 bits per heavy atom. The first kappa shape index (κ1) is 22.9. The van der Waals surface area contributed by atoms with Crippen molar-refractivity contribution in [2.45, 2.75) is 13.5 Å². The summed E-state index contributed by atoms with van der Waals surface area (Å²) < 4.78 is 22.4. The van der Waals surface area contributed by atoms with Gasteiger partial charge in [0.25, 0.3) is 0 Å². The molecule has 158 valence electrons. The van der Waals surface area contributed by atoms with Crippen LogP contribution in [0.15, 0.2) is 18.2 Å². The summed E-state index contributed by atoms with van der Waals surface area (Å²) in [6, 6.07) is 5.56. The summed E-state index contributed by atoms with van der Waals surface area (Å²) in [7, 11) is 0. The smallest absolute Gasteiger partial charge is 0.178 e.